The molecule has 4 fully saturated rings. The molecule has 0 radical (unpaired) electrons. The number of halogens is 2. The Hall–Kier alpha value is -3.34. The predicted octanol–water partition coefficient (Wildman–Crippen LogP) is 1.30. The first-order chi connectivity index (χ1) is 16.3. The van der Waals surface area contributed by atoms with Gasteiger partial charge in [-0.05, 0) is 42.9 Å². The maximum atomic E-state index is 14.5. The number of nitrogens with one attached hydrogen (secondary N) is 2. The molecule has 34 heavy (non-hydrogen) atoms. The van der Waals surface area contributed by atoms with Gasteiger partial charge in [-0.3, -0.25) is 14.5 Å². The van der Waals surface area contributed by atoms with E-state index in [1.165, 1.54) is 23.8 Å². The van der Waals surface area contributed by atoms with Crippen LogP contribution in [0.2, 0.25) is 0 Å². The van der Waals surface area contributed by atoms with Crippen molar-refractivity contribution in [2.75, 3.05) is 44.7 Å². The molecule has 1 amide bonds. The van der Waals surface area contributed by atoms with Crippen LogP contribution in [0.5, 0.6) is 0 Å². The normalized spacial score (nSPS) is 26.3. The number of aromatic amines is 1. The van der Waals surface area contributed by atoms with E-state index < -0.39 is 23.2 Å². The van der Waals surface area contributed by atoms with Crippen molar-refractivity contribution in [1.82, 2.24) is 29.8 Å². The number of aromatic nitrogens is 4. The number of amides is 1. The highest BCUT2D eigenvalue weighted by Gasteiger charge is 2.69. The van der Waals surface area contributed by atoms with E-state index in [0.29, 0.717) is 24.6 Å². The molecule has 3 aliphatic carbocycles. The second kappa shape index (κ2) is 7.33. The van der Waals surface area contributed by atoms with E-state index >= 15 is 0 Å². The number of rotatable bonds is 5. The van der Waals surface area contributed by atoms with Crippen molar-refractivity contribution in [3.05, 3.63) is 58.0 Å². The number of hydrogen-bond acceptors (Lipinski definition) is 6. The molecule has 1 saturated heterocycles. The Balaban J connectivity index is 1.06. The van der Waals surface area contributed by atoms with Crippen molar-refractivity contribution in [1.29, 1.82) is 0 Å². The lowest BCUT2D eigenvalue weighted by Gasteiger charge is -2.71. The van der Waals surface area contributed by atoms with E-state index in [1.54, 1.807) is 12.1 Å². The average Bonchev–Trinajstić information content (AvgIpc) is 3.16. The number of H-pyrrole nitrogens is 1. The van der Waals surface area contributed by atoms with E-state index in [2.05, 4.69) is 25.3 Å². The van der Waals surface area contributed by atoms with Gasteiger partial charge in [0.2, 0.25) is 5.95 Å². The number of nitrogens with zero attached hydrogens (tertiary/aromatic N) is 5. The summed E-state index contributed by atoms with van der Waals surface area (Å²) in [5, 5.41) is 6.92. The quantitative estimate of drug-likeness (QED) is 0.547. The number of hydrogen-bond donors (Lipinski definition) is 2. The van der Waals surface area contributed by atoms with Crippen LogP contribution in [0.4, 0.5) is 14.5 Å². The summed E-state index contributed by atoms with van der Waals surface area (Å²) in [6.07, 6.45) is 4.35. The summed E-state index contributed by atoms with van der Waals surface area (Å²) in [7, 11) is 1.49. The van der Waals surface area contributed by atoms with Gasteiger partial charge >= 0.3 is 0 Å². The Morgan fingerprint density at radius 1 is 1.15 bits per heavy atom. The highest BCUT2D eigenvalue weighted by molar-refractivity contribution is 5.92. The van der Waals surface area contributed by atoms with Crippen LogP contribution in [0.15, 0.2) is 29.2 Å². The van der Waals surface area contributed by atoms with Gasteiger partial charge < -0.3 is 15.2 Å². The van der Waals surface area contributed by atoms with Gasteiger partial charge in [-0.15, -0.1) is 0 Å². The molecular weight excluding hydrogens is 444 g/mol. The van der Waals surface area contributed by atoms with Crippen molar-refractivity contribution in [3.63, 3.8) is 0 Å². The second-order valence-corrected chi connectivity index (χ2v) is 9.92. The Morgan fingerprint density at radius 2 is 1.88 bits per heavy atom. The van der Waals surface area contributed by atoms with Gasteiger partial charge in [-0.25, -0.2) is 13.9 Å². The predicted molar refractivity (Wildman–Crippen MR) is 120 cm³/mol. The van der Waals surface area contributed by atoms with E-state index in [4.69, 9.17) is 0 Å². The van der Waals surface area contributed by atoms with Crippen molar-refractivity contribution in [2.45, 2.75) is 24.7 Å². The summed E-state index contributed by atoms with van der Waals surface area (Å²) in [5.74, 6) is -0.953. The van der Waals surface area contributed by atoms with Gasteiger partial charge in [0, 0.05) is 51.4 Å². The van der Waals surface area contributed by atoms with Gasteiger partial charge in [-0.2, -0.15) is 9.49 Å². The van der Waals surface area contributed by atoms with Gasteiger partial charge in [0.05, 0.1) is 5.69 Å². The van der Waals surface area contributed by atoms with E-state index in [-0.39, 0.29) is 22.0 Å². The molecule has 4 heterocycles. The summed E-state index contributed by atoms with van der Waals surface area (Å²) in [6.45, 7) is 3.96. The molecule has 7 rings (SSSR count). The molecule has 0 unspecified atom stereocenters. The van der Waals surface area contributed by atoms with Crippen molar-refractivity contribution >= 4 is 17.1 Å². The van der Waals surface area contributed by atoms with Crippen molar-refractivity contribution in [3.8, 4) is 0 Å². The third kappa shape index (κ3) is 3.13. The minimum Gasteiger partial charge on any atom is -0.365 e. The summed E-state index contributed by atoms with van der Waals surface area (Å²) >= 11 is 0. The summed E-state index contributed by atoms with van der Waals surface area (Å²) in [6, 6.07) is 4.42. The molecule has 3 saturated carbocycles. The molecule has 2 bridgehead atoms. The van der Waals surface area contributed by atoms with Gasteiger partial charge in [0.15, 0.2) is 11.3 Å². The Kier molecular flexibility index (Phi) is 4.57. The van der Waals surface area contributed by atoms with E-state index in [1.807, 2.05) is 4.90 Å². The lowest BCUT2D eigenvalue weighted by Crippen LogP contribution is -2.69. The lowest BCUT2D eigenvalue weighted by atomic mass is 9.34. The molecule has 3 aromatic rings. The fraction of sp³-hybridized carbons (Fsp3) is 0.478. The third-order valence-corrected chi connectivity index (χ3v) is 7.68. The summed E-state index contributed by atoms with van der Waals surface area (Å²) in [5.41, 5.74) is 0.113. The number of carbonyl (C=O) groups excluding carboxylic acids is 1. The monoisotopic (exact) mass is 469 g/mol. The number of carbonyl (C=O) groups is 1. The summed E-state index contributed by atoms with van der Waals surface area (Å²) < 4.78 is 29.6. The van der Waals surface area contributed by atoms with Crippen LogP contribution in [-0.2, 0) is 5.41 Å². The van der Waals surface area contributed by atoms with Crippen LogP contribution in [0, 0.1) is 17.2 Å². The van der Waals surface area contributed by atoms with Gasteiger partial charge in [0.1, 0.15) is 11.5 Å². The Morgan fingerprint density at radius 3 is 2.56 bits per heavy atom. The standard InChI is InChI=1S/C23H25F2N7O2/c1-26-19(33)15-2-3-16(18(25)27-15)31-8-6-30(7-9-31)13-22-10-23(11-22,12-22)21-28-20(34)17-14(24)4-5-32(17)29-21/h2-5H,6-13H2,1H3,(H,26,33)(H,28,29,34). The number of anilines is 1. The topological polar surface area (TPSA) is 98.6 Å². The minimum atomic E-state index is -0.628. The smallest absolute Gasteiger partial charge is 0.278 e. The Bertz CT molecular complexity index is 1340. The van der Waals surface area contributed by atoms with Crippen LogP contribution in [0.25, 0.3) is 5.52 Å². The maximum Gasteiger partial charge on any atom is 0.278 e. The largest absolute Gasteiger partial charge is 0.365 e. The van der Waals surface area contributed by atoms with Crippen LogP contribution in [0.1, 0.15) is 35.6 Å². The molecule has 0 aromatic carbocycles. The van der Waals surface area contributed by atoms with Crippen LogP contribution in [-0.4, -0.2) is 70.2 Å². The zero-order valence-corrected chi connectivity index (χ0v) is 18.8. The fourth-order valence-electron chi connectivity index (χ4n) is 6.19. The third-order valence-electron chi connectivity index (χ3n) is 7.68. The average molecular weight is 469 g/mol. The number of pyridine rings is 1. The van der Waals surface area contributed by atoms with E-state index in [9.17, 15) is 18.4 Å². The van der Waals surface area contributed by atoms with Crippen molar-refractivity contribution in [2.24, 2.45) is 5.41 Å². The molecule has 3 aromatic heterocycles. The maximum absolute atomic E-state index is 14.5. The molecule has 1 aliphatic heterocycles. The molecule has 0 atom stereocenters. The van der Waals surface area contributed by atoms with E-state index in [0.717, 1.165) is 38.9 Å². The lowest BCUT2D eigenvalue weighted by molar-refractivity contribution is -0.161. The fourth-order valence-corrected chi connectivity index (χ4v) is 6.19. The first-order valence-corrected chi connectivity index (χ1v) is 11.5. The SMILES string of the molecule is CNC(=O)c1ccc(N2CCN(CC34CC(c5nn6ccc(F)c6c(=O)[nH]5)(C3)C4)CC2)c(F)n1. The minimum absolute atomic E-state index is 0.0437. The first kappa shape index (κ1) is 21.2. The van der Waals surface area contributed by atoms with Crippen LogP contribution < -0.4 is 15.8 Å². The van der Waals surface area contributed by atoms with Gasteiger partial charge in [-0.1, -0.05) is 0 Å². The zero-order valence-electron chi connectivity index (χ0n) is 18.8. The van der Waals surface area contributed by atoms with Crippen LogP contribution in [0.3, 0.4) is 0 Å². The zero-order chi connectivity index (χ0) is 23.7. The second-order valence-electron chi connectivity index (χ2n) is 9.92. The highest BCUT2D eigenvalue weighted by Crippen LogP contribution is 2.73. The Labute approximate surface area is 193 Å². The molecule has 2 N–H and O–H groups in total. The summed E-state index contributed by atoms with van der Waals surface area (Å²) in [4.78, 5) is 34.9. The van der Waals surface area contributed by atoms with Crippen molar-refractivity contribution < 1.29 is 13.6 Å². The highest BCUT2D eigenvalue weighted by atomic mass is 19.1. The first-order valence-electron chi connectivity index (χ1n) is 11.5. The molecule has 11 heteroatoms. The van der Waals surface area contributed by atoms with Gasteiger partial charge in [0.25, 0.3) is 11.5 Å². The van der Waals surface area contributed by atoms with Crippen LogP contribution >= 0.6 is 0 Å². The molecule has 4 aliphatic rings. The molecule has 178 valence electrons. The number of piperazine rings is 1. The molecule has 0 spiro atoms. The molecular formula is C23H25F2N7O2. The number of fused-ring (bicyclic) bond motifs is 1. The molecule has 9 nitrogen and oxygen atoms in total.